The molecule has 1 fully saturated rings. The van der Waals surface area contributed by atoms with Crippen molar-refractivity contribution in [3.8, 4) is 17.0 Å². The predicted molar refractivity (Wildman–Crippen MR) is 126 cm³/mol. The highest BCUT2D eigenvalue weighted by molar-refractivity contribution is 6.30. The number of alkyl halides is 3. The Hall–Kier alpha value is -2.53. The van der Waals surface area contributed by atoms with Crippen LogP contribution in [0.5, 0.6) is 5.75 Å². The molecule has 6 heteroatoms. The number of aromatic nitrogens is 1. The first kappa shape index (κ1) is 23.6. The van der Waals surface area contributed by atoms with Gasteiger partial charge in [-0.25, -0.2) is 0 Å². The Balaban J connectivity index is 1.43. The fourth-order valence-corrected chi connectivity index (χ4v) is 4.80. The molecule has 1 aliphatic rings. The van der Waals surface area contributed by atoms with Gasteiger partial charge in [0.05, 0.1) is 11.6 Å². The molecule has 1 heterocycles. The van der Waals surface area contributed by atoms with E-state index in [0.717, 1.165) is 39.4 Å². The second-order valence-corrected chi connectivity index (χ2v) is 9.37. The predicted octanol–water partition coefficient (Wildman–Crippen LogP) is 8.43. The van der Waals surface area contributed by atoms with Crippen molar-refractivity contribution in [2.24, 2.45) is 5.92 Å². The van der Waals surface area contributed by atoms with Gasteiger partial charge < -0.3 is 4.74 Å². The number of pyridine rings is 1. The molecule has 0 amide bonds. The highest BCUT2D eigenvalue weighted by Crippen LogP contribution is 2.43. The summed E-state index contributed by atoms with van der Waals surface area (Å²) in [6.45, 7) is 4.31. The lowest BCUT2D eigenvalue weighted by Gasteiger charge is -2.30. The molecule has 2 nitrogen and oxygen atoms in total. The summed E-state index contributed by atoms with van der Waals surface area (Å²) in [5, 5.41) is 0.629. The molecule has 0 bridgehead atoms. The van der Waals surface area contributed by atoms with Crippen LogP contribution in [0, 0.1) is 19.8 Å². The van der Waals surface area contributed by atoms with Crippen molar-refractivity contribution in [1.29, 1.82) is 0 Å². The van der Waals surface area contributed by atoms with Crippen molar-refractivity contribution in [3.05, 3.63) is 82.0 Å². The Bertz CT molecular complexity index is 1080. The fourth-order valence-electron chi connectivity index (χ4n) is 4.54. The average molecular weight is 474 g/mol. The van der Waals surface area contributed by atoms with Crippen LogP contribution < -0.4 is 4.74 Å². The van der Waals surface area contributed by atoms with Gasteiger partial charge in [0.1, 0.15) is 12.4 Å². The zero-order chi connectivity index (χ0) is 23.6. The minimum Gasteiger partial charge on any atom is -0.488 e. The second kappa shape index (κ2) is 9.76. The van der Waals surface area contributed by atoms with Gasteiger partial charge in [-0.05, 0) is 80.8 Å². The summed E-state index contributed by atoms with van der Waals surface area (Å²) in [6, 6.07) is 17.7. The molecule has 174 valence electrons. The van der Waals surface area contributed by atoms with E-state index in [1.807, 2.05) is 68.4 Å². The van der Waals surface area contributed by atoms with Crippen LogP contribution in [0.25, 0.3) is 11.3 Å². The quantitative estimate of drug-likeness (QED) is 0.371. The minimum absolute atomic E-state index is 0.194. The Morgan fingerprint density at radius 2 is 1.64 bits per heavy atom. The molecule has 0 aliphatic heterocycles. The van der Waals surface area contributed by atoms with Crippen LogP contribution in [-0.2, 0) is 6.61 Å². The maximum absolute atomic E-state index is 12.9. The van der Waals surface area contributed by atoms with E-state index in [1.54, 1.807) is 0 Å². The van der Waals surface area contributed by atoms with Crippen LogP contribution in [-0.4, -0.2) is 11.2 Å². The van der Waals surface area contributed by atoms with E-state index in [0.29, 0.717) is 24.5 Å². The SMILES string of the molecule is Cc1ccc(OCc2ccc(C3CCC(C(F)(F)F)CC3)cc2)c(-c2cc(Cl)cc(C)n2)c1. The van der Waals surface area contributed by atoms with Crippen molar-refractivity contribution in [3.63, 3.8) is 0 Å². The maximum atomic E-state index is 12.9. The maximum Gasteiger partial charge on any atom is 0.391 e. The van der Waals surface area contributed by atoms with Crippen LogP contribution in [0.4, 0.5) is 13.2 Å². The van der Waals surface area contributed by atoms with Gasteiger partial charge >= 0.3 is 6.18 Å². The number of aryl methyl sites for hydroxylation is 2. The summed E-state index contributed by atoms with van der Waals surface area (Å²) >= 11 is 6.24. The summed E-state index contributed by atoms with van der Waals surface area (Å²) in [6.07, 6.45) is -2.48. The highest BCUT2D eigenvalue weighted by atomic mass is 35.5. The lowest BCUT2D eigenvalue weighted by Crippen LogP contribution is -2.27. The van der Waals surface area contributed by atoms with Gasteiger partial charge in [0.25, 0.3) is 0 Å². The first-order valence-electron chi connectivity index (χ1n) is 11.2. The van der Waals surface area contributed by atoms with E-state index in [2.05, 4.69) is 4.98 Å². The normalized spacial score (nSPS) is 18.8. The Morgan fingerprint density at radius 1 is 0.939 bits per heavy atom. The van der Waals surface area contributed by atoms with Gasteiger partial charge in [0, 0.05) is 16.3 Å². The summed E-state index contributed by atoms with van der Waals surface area (Å²) in [5.74, 6) is -0.230. The molecule has 33 heavy (non-hydrogen) atoms. The standard InChI is InChI=1S/C27H27ClF3NO/c1-17-3-12-26(24(13-17)25-15-23(28)14-18(2)32-25)33-16-19-4-6-20(7-5-19)21-8-10-22(11-9-21)27(29,30)31/h3-7,12-15,21-22H,8-11,16H2,1-2H3. The highest BCUT2D eigenvalue weighted by Gasteiger charge is 2.41. The van der Waals surface area contributed by atoms with Crippen molar-refractivity contribution in [1.82, 2.24) is 4.98 Å². The van der Waals surface area contributed by atoms with E-state index in [1.165, 1.54) is 0 Å². The smallest absolute Gasteiger partial charge is 0.391 e. The number of ether oxygens (including phenoxy) is 1. The van der Waals surface area contributed by atoms with E-state index in [4.69, 9.17) is 16.3 Å². The van der Waals surface area contributed by atoms with Crippen molar-refractivity contribution >= 4 is 11.6 Å². The average Bonchev–Trinajstić information content (AvgIpc) is 2.77. The molecule has 0 radical (unpaired) electrons. The Kier molecular flexibility index (Phi) is 6.99. The van der Waals surface area contributed by atoms with Crippen LogP contribution in [0.2, 0.25) is 5.02 Å². The molecular formula is C27H27ClF3NO. The number of halogens is 4. The number of benzene rings is 2. The van der Waals surface area contributed by atoms with Gasteiger partial charge in [0.2, 0.25) is 0 Å². The van der Waals surface area contributed by atoms with E-state index < -0.39 is 12.1 Å². The molecule has 1 aliphatic carbocycles. The largest absolute Gasteiger partial charge is 0.488 e. The van der Waals surface area contributed by atoms with Gasteiger partial charge in [-0.15, -0.1) is 0 Å². The second-order valence-electron chi connectivity index (χ2n) is 8.93. The Morgan fingerprint density at radius 3 is 2.27 bits per heavy atom. The van der Waals surface area contributed by atoms with E-state index in [9.17, 15) is 13.2 Å². The van der Waals surface area contributed by atoms with Crippen molar-refractivity contribution in [2.45, 2.75) is 58.2 Å². The topological polar surface area (TPSA) is 22.1 Å². The molecule has 0 spiro atoms. The van der Waals surface area contributed by atoms with Gasteiger partial charge in [-0.2, -0.15) is 13.2 Å². The number of nitrogens with zero attached hydrogens (tertiary/aromatic N) is 1. The first-order valence-corrected chi connectivity index (χ1v) is 11.6. The molecule has 0 unspecified atom stereocenters. The lowest BCUT2D eigenvalue weighted by atomic mass is 9.78. The van der Waals surface area contributed by atoms with Crippen LogP contribution in [0.1, 0.15) is 54.0 Å². The van der Waals surface area contributed by atoms with Crippen LogP contribution in [0.3, 0.4) is 0 Å². The minimum atomic E-state index is -4.07. The van der Waals surface area contributed by atoms with Crippen LogP contribution in [0.15, 0.2) is 54.6 Å². The van der Waals surface area contributed by atoms with Crippen molar-refractivity contribution < 1.29 is 17.9 Å². The summed E-state index contributed by atoms with van der Waals surface area (Å²) in [5.41, 5.74) is 5.70. The molecule has 0 saturated heterocycles. The zero-order valence-electron chi connectivity index (χ0n) is 18.8. The first-order chi connectivity index (χ1) is 15.7. The van der Waals surface area contributed by atoms with Gasteiger partial charge in [0.15, 0.2) is 0 Å². The third kappa shape index (κ3) is 5.89. The van der Waals surface area contributed by atoms with Crippen LogP contribution >= 0.6 is 11.6 Å². The van der Waals surface area contributed by atoms with E-state index in [-0.39, 0.29) is 18.8 Å². The molecule has 2 aromatic carbocycles. The lowest BCUT2D eigenvalue weighted by molar-refractivity contribution is -0.182. The van der Waals surface area contributed by atoms with Gasteiger partial charge in [-0.3, -0.25) is 4.98 Å². The fraction of sp³-hybridized carbons (Fsp3) is 0.370. The molecule has 0 atom stereocenters. The molecule has 1 saturated carbocycles. The number of hydrogen-bond acceptors (Lipinski definition) is 2. The zero-order valence-corrected chi connectivity index (χ0v) is 19.5. The van der Waals surface area contributed by atoms with Gasteiger partial charge in [-0.1, -0.05) is 47.5 Å². The third-order valence-electron chi connectivity index (χ3n) is 6.36. The monoisotopic (exact) mass is 473 g/mol. The third-order valence-corrected chi connectivity index (χ3v) is 6.58. The molecule has 4 rings (SSSR count). The number of hydrogen-bond donors (Lipinski definition) is 0. The Labute approximate surface area is 197 Å². The van der Waals surface area contributed by atoms with E-state index >= 15 is 0 Å². The summed E-state index contributed by atoms with van der Waals surface area (Å²) < 4.78 is 44.9. The van der Waals surface area contributed by atoms with Crippen molar-refractivity contribution in [2.75, 3.05) is 0 Å². The molecule has 3 aromatic rings. The molecule has 0 N–H and O–H groups in total. The number of rotatable bonds is 5. The molecular weight excluding hydrogens is 447 g/mol. The summed E-state index contributed by atoms with van der Waals surface area (Å²) in [7, 11) is 0. The summed E-state index contributed by atoms with van der Waals surface area (Å²) in [4.78, 5) is 4.61. The molecule has 1 aromatic heterocycles.